The van der Waals surface area contributed by atoms with Gasteiger partial charge < -0.3 is 10.2 Å². The molecule has 1 amide bonds. The highest BCUT2D eigenvalue weighted by atomic mass is 32.2. The Balaban J connectivity index is 1.75. The molecule has 0 radical (unpaired) electrons. The molecule has 0 aliphatic carbocycles. The summed E-state index contributed by atoms with van der Waals surface area (Å²) in [5.74, 6) is -0.405. The fourth-order valence-electron chi connectivity index (χ4n) is 3.05. The molecule has 1 aromatic heterocycles. The number of sulfonamides is 1. The predicted molar refractivity (Wildman–Crippen MR) is 122 cm³/mol. The van der Waals surface area contributed by atoms with E-state index in [9.17, 15) is 13.2 Å². The molecule has 1 unspecified atom stereocenters. The molecular formula is C22H25N3O3S2. The van der Waals surface area contributed by atoms with Crippen molar-refractivity contribution in [3.05, 3.63) is 82.0 Å². The third kappa shape index (κ3) is 5.27. The highest BCUT2D eigenvalue weighted by molar-refractivity contribution is 7.93. The van der Waals surface area contributed by atoms with Crippen molar-refractivity contribution in [3.8, 4) is 0 Å². The summed E-state index contributed by atoms with van der Waals surface area (Å²) in [5, 5.41) is 4.50. The molecule has 3 aromatic rings. The van der Waals surface area contributed by atoms with E-state index >= 15 is 0 Å². The number of carbonyl (C=O) groups excluding carboxylic acids is 1. The molecule has 0 aliphatic heterocycles. The molecule has 0 bridgehead atoms. The molecule has 1 atom stereocenters. The summed E-state index contributed by atoms with van der Waals surface area (Å²) in [7, 11) is 0.00523. The van der Waals surface area contributed by atoms with Crippen LogP contribution in [0.2, 0.25) is 0 Å². The summed E-state index contributed by atoms with van der Waals surface area (Å²) in [5.41, 5.74) is 2.56. The summed E-state index contributed by atoms with van der Waals surface area (Å²) in [6.45, 7) is 2.29. The summed E-state index contributed by atoms with van der Waals surface area (Å²) in [6.07, 6.45) is 0. The van der Waals surface area contributed by atoms with Crippen LogP contribution in [0, 0.1) is 6.92 Å². The minimum atomic E-state index is -3.88. The first kappa shape index (κ1) is 22.0. The number of hydrogen-bond donors (Lipinski definition) is 2. The predicted octanol–water partition coefficient (Wildman–Crippen LogP) is 3.89. The van der Waals surface area contributed by atoms with Gasteiger partial charge in [-0.25, -0.2) is 8.42 Å². The van der Waals surface area contributed by atoms with Crippen molar-refractivity contribution in [3.63, 3.8) is 0 Å². The first-order valence-electron chi connectivity index (χ1n) is 9.44. The molecule has 30 heavy (non-hydrogen) atoms. The van der Waals surface area contributed by atoms with Crippen LogP contribution in [0.5, 0.6) is 0 Å². The van der Waals surface area contributed by atoms with Crippen LogP contribution in [-0.2, 0) is 10.0 Å². The molecule has 0 spiro atoms. The van der Waals surface area contributed by atoms with Gasteiger partial charge in [0.05, 0.1) is 6.04 Å². The molecule has 158 valence electrons. The number of nitrogens with one attached hydrogen (secondary N) is 2. The van der Waals surface area contributed by atoms with Gasteiger partial charge in [0.1, 0.15) is 9.77 Å². The Kier molecular flexibility index (Phi) is 6.91. The smallest absolute Gasteiger partial charge is 0.263 e. The SMILES string of the molecule is Cc1ccc(NS(=O)(=O)c2ccsc2C(=O)NCC(c2ccccc2)N(C)C)cc1. The monoisotopic (exact) mass is 443 g/mol. The van der Waals surface area contributed by atoms with E-state index in [-0.39, 0.29) is 15.8 Å². The Morgan fingerprint density at radius 2 is 1.70 bits per heavy atom. The van der Waals surface area contributed by atoms with E-state index in [0.717, 1.165) is 22.5 Å². The minimum absolute atomic E-state index is 0.0216. The minimum Gasteiger partial charge on any atom is -0.349 e. The van der Waals surface area contributed by atoms with Crippen LogP contribution in [0.1, 0.15) is 26.8 Å². The quantitative estimate of drug-likeness (QED) is 0.554. The van der Waals surface area contributed by atoms with Gasteiger partial charge in [-0.2, -0.15) is 0 Å². The van der Waals surface area contributed by atoms with E-state index in [1.165, 1.54) is 6.07 Å². The van der Waals surface area contributed by atoms with E-state index in [2.05, 4.69) is 10.0 Å². The molecule has 0 saturated carbocycles. The Hall–Kier alpha value is -2.68. The zero-order chi connectivity index (χ0) is 21.7. The van der Waals surface area contributed by atoms with Crippen molar-refractivity contribution < 1.29 is 13.2 Å². The topological polar surface area (TPSA) is 78.5 Å². The normalized spacial score (nSPS) is 12.5. The number of amides is 1. The fraction of sp³-hybridized carbons (Fsp3) is 0.227. The Labute approximate surface area is 181 Å². The van der Waals surface area contributed by atoms with Gasteiger partial charge >= 0.3 is 0 Å². The van der Waals surface area contributed by atoms with Crippen molar-refractivity contribution in [1.29, 1.82) is 0 Å². The van der Waals surface area contributed by atoms with Gasteiger partial charge in [0.2, 0.25) is 0 Å². The van der Waals surface area contributed by atoms with Gasteiger partial charge in [0.25, 0.3) is 15.9 Å². The maximum atomic E-state index is 12.8. The number of likely N-dealkylation sites (N-methyl/N-ethyl adjacent to an activating group) is 1. The number of carbonyl (C=O) groups is 1. The van der Waals surface area contributed by atoms with Crippen LogP contribution >= 0.6 is 11.3 Å². The van der Waals surface area contributed by atoms with Crippen LogP contribution in [0.4, 0.5) is 5.69 Å². The van der Waals surface area contributed by atoms with Crippen LogP contribution in [-0.4, -0.2) is 39.9 Å². The maximum Gasteiger partial charge on any atom is 0.263 e. The van der Waals surface area contributed by atoms with E-state index in [0.29, 0.717) is 12.2 Å². The molecule has 0 saturated heterocycles. The van der Waals surface area contributed by atoms with Crippen LogP contribution in [0.15, 0.2) is 70.9 Å². The van der Waals surface area contributed by atoms with Crippen LogP contribution in [0.25, 0.3) is 0 Å². The molecule has 0 aliphatic rings. The van der Waals surface area contributed by atoms with Gasteiger partial charge in [-0.1, -0.05) is 48.0 Å². The molecular weight excluding hydrogens is 418 g/mol. The zero-order valence-electron chi connectivity index (χ0n) is 17.1. The van der Waals surface area contributed by atoms with Crippen LogP contribution in [0.3, 0.4) is 0 Å². The largest absolute Gasteiger partial charge is 0.349 e. The third-order valence-electron chi connectivity index (χ3n) is 4.69. The van der Waals surface area contributed by atoms with Gasteiger partial charge in [0, 0.05) is 12.2 Å². The Morgan fingerprint density at radius 3 is 2.33 bits per heavy atom. The number of hydrogen-bond acceptors (Lipinski definition) is 5. The second kappa shape index (κ2) is 9.42. The van der Waals surface area contributed by atoms with Crippen molar-refractivity contribution in [2.24, 2.45) is 0 Å². The van der Waals surface area contributed by atoms with Gasteiger partial charge in [0.15, 0.2) is 0 Å². The number of benzene rings is 2. The third-order valence-corrected chi connectivity index (χ3v) is 7.16. The molecule has 3 rings (SSSR count). The second-order valence-electron chi connectivity index (χ2n) is 7.19. The fourth-order valence-corrected chi connectivity index (χ4v) is 5.45. The highest BCUT2D eigenvalue weighted by Gasteiger charge is 2.25. The van der Waals surface area contributed by atoms with E-state index in [1.807, 2.05) is 68.4 Å². The van der Waals surface area contributed by atoms with Crippen molar-refractivity contribution in [1.82, 2.24) is 10.2 Å². The first-order valence-corrected chi connectivity index (χ1v) is 11.8. The number of anilines is 1. The van der Waals surface area contributed by atoms with Crippen LogP contribution < -0.4 is 10.0 Å². The average molecular weight is 444 g/mol. The molecule has 1 heterocycles. The Morgan fingerprint density at radius 1 is 1.03 bits per heavy atom. The van der Waals surface area contributed by atoms with Crippen molar-refractivity contribution >= 4 is 33.0 Å². The van der Waals surface area contributed by atoms with Crippen molar-refractivity contribution in [2.45, 2.75) is 17.9 Å². The average Bonchev–Trinajstić information content (AvgIpc) is 3.21. The number of nitrogens with zero attached hydrogens (tertiary/aromatic N) is 1. The highest BCUT2D eigenvalue weighted by Crippen LogP contribution is 2.25. The summed E-state index contributed by atoms with van der Waals surface area (Å²) in [4.78, 5) is 15.0. The van der Waals surface area contributed by atoms with Crippen molar-refractivity contribution in [2.75, 3.05) is 25.4 Å². The standard InChI is InChI=1S/C22H25N3O3S2/c1-16-9-11-18(12-10-16)24-30(27,28)20-13-14-29-21(20)22(26)23-15-19(25(2)3)17-7-5-4-6-8-17/h4-14,19,24H,15H2,1-3H3,(H,23,26). The molecule has 2 N–H and O–H groups in total. The lowest BCUT2D eigenvalue weighted by Crippen LogP contribution is -2.34. The maximum absolute atomic E-state index is 12.8. The lowest BCUT2D eigenvalue weighted by atomic mass is 10.1. The molecule has 8 heteroatoms. The second-order valence-corrected chi connectivity index (χ2v) is 9.75. The number of aryl methyl sites for hydroxylation is 1. The summed E-state index contributed by atoms with van der Waals surface area (Å²) in [6, 6.07) is 18.3. The number of thiophene rings is 1. The molecule has 2 aromatic carbocycles. The lowest BCUT2D eigenvalue weighted by molar-refractivity contribution is 0.0943. The number of rotatable bonds is 8. The summed E-state index contributed by atoms with van der Waals surface area (Å²) < 4.78 is 28.2. The zero-order valence-corrected chi connectivity index (χ0v) is 18.8. The molecule has 0 fully saturated rings. The van der Waals surface area contributed by atoms with Gasteiger partial charge in [-0.05, 0) is 50.2 Å². The lowest BCUT2D eigenvalue weighted by Gasteiger charge is -2.25. The molecule has 6 nitrogen and oxygen atoms in total. The van der Waals surface area contributed by atoms with Gasteiger partial charge in [-0.15, -0.1) is 11.3 Å². The van der Waals surface area contributed by atoms with Gasteiger partial charge in [-0.3, -0.25) is 9.52 Å². The summed E-state index contributed by atoms with van der Waals surface area (Å²) >= 11 is 1.11. The van der Waals surface area contributed by atoms with E-state index in [4.69, 9.17) is 0 Å². The first-order chi connectivity index (χ1) is 14.3. The Bertz CT molecular complexity index is 1090. The van der Waals surface area contributed by atoms with E-state index < -0.39 is 15.9 Å². The van der Waals surface area contributed by atoms with E-state index in [1.54, 1.807) is 17.5 Å².